The first-order chi connectivity index (χ1) is 12.6. The van der Waals surface area contributed by atoms with Crippen LogP contribution in [-0.2, 0) is 4.79 Å². The first-order valence-electron chi connectivity index (χ1n) is 8.18. The average Bonchev–Trinajstić information content (AvgIpc) is 3.10. The van der Waals surface area contributed by atoms with Crippen molar-refractivity contribution in [3.05, 3.63) is 54.1 Å². The zero-order chi connectivity index (χ0) is 18.5. The number of rotatable bonds is 6. The van der Waals surface area contributed by atoms with Gasteiger partial charge in [0.15, 0.2) is 23.7 Å². The van der Waals surface area contributed by atoms with Crippen molar-refractivity contribution in [1.82, 2.24) is 4.98 Å². The highest BCUT2D eigenvalue weighted by Crippen LogP contribution is 2.29. The minimum absolute atomic E-state index is 0.158. The summed E-state index contributed by atoms with van der Waals surface area (Å²) in [6.45, 7) is 1.78. The number of anilines is 1. The average molecular weight is 352 g/mol. The van der Waals surface area contributed by atoms with E-state index in [1.807, 2.05) is 49.4 Å². The first-order valence-corrected chi connectivity index (χ1v) is 8.18. The maximum absolute atomic E-state index is 12.4. The fourth-order valence-corrected chi connectivity index (χ4v) is 2.45. The third-order valence-electron chi connectivity index (χ3n) is 3.84. The maximum Gasteiger partial charge on any atom is 0.305 e. The molecule has 2 aromatic carbocycles. The highest BCUT2D eigenvalue weighted by Gasteiger charge is 2.18. The number of carbonyl (C=O) groups is 1. The van der Waals surface area contributed by atoms with Crippen molar-refractivity contribution in [2.45, 2.75) is 6.92 Å². The van der Waals surface area contributed by atoms with E-state index in [1.165, 1.54) is 4.90 Å². The minimum Gasteiger partial charge on any atom is -0.493 e. The van der Waals surface area contributed by atoms with Crippen molar-refractivity contribution in [2.75, 3.05) is 25.7 Å². The van der Waals surface area contributed by atoms with Gasteiger partial charge in [-0.2, -0.15) is 4.98 Å². The number of nitrogens with zero attached hydrogens (tertiary/aromatic N) is 2. The number of aromatic nitrogens is 1. The van der Waals surface area contributed by atoms with Gasteiger partial charge < -0.3 is 13.9 Å². The highest BCUT2D eigenvalue weighted by atomic mass is 16.5. The van der Waals surface area contributed by atoms with E-state index in [0.29, 0.717) is 22.6 Å². The van der Waals surface area contributed by atoms with Crippen LogP contribution in [0, 0.1) is 0 Å². The Labute approximate surface area is 151 Å². The number of hydrogen-bond acceptors (Lipinski definition) is 5. The summed E-state index contributed by atoms with van der Waals surface area (Å²) in [4.78, 5) is 18.1. The number of methoxy groups -OCH3 is 1. The van der Waals surface area contributed by atoms with Gasteiger partial charge in [0.2, 0.25) is 0 Å². The van der Waals surface area contributed by atoms with E-state index in [1.54, 1.807) is 26.3 Å². The summed E-state index contributed by atoms with van der Waals surface area (Å²) in [5.74, 6) is 0.786. The standard InChI is InChI=1S/C20H20N2O4/c1-4-7-14-10-11-17(18(12-14)24-3)25-13-19(23)22(2)20-21-15-8-5-6-9-16(15)26-20/h4-12H,13H2,1-3H3. The van der Waals surface area contributed by atoms with Gasteiger partial charge in [0.1, 0.15) is 5.52 Å². The molecule has 0 bridgehead atoms. The van der Waals surface area contributed by atoms with Crippen LogP contribution in [0.25, 0.3) is 17.2 Å². The molecule has 0 aliphatic heterocycles. The van der Waals surface area contributed by atoms with E-state index >= 15 is 0 Å². The van der Waals surface area contributed by atoms with Crippen molar-refractivity contribution in [2.24, 2.45) is 0 Å². The molecule has 0 radical (unpaired) electrons. The molecular weight excluding hydrogens is 332 g/mol. The quantitative estimate of drug-likeness (QED) is 0.673. The van der Waals surface area contributed by atoms with Crippen LogP contribution in [0.4, 0.5) is 6.01 Å². The lowest BCUT2D eigenvalue weighted by Crippen LogP contribution is -2.31. The summed E-state index contributed by atoms with van der Waals surface area (Å²) in [6, 6.07) is 13.1. The van der Waals surface area contributed by atoms with Gasteiger partial charge in [-0.1, -0.05) is 30.4 Å². The van der Waals surface area contributed by atoms with Crippen LogP contribution in [0.5, 0.6) is 11.5 Å². The van der Waals surface area contributed by atoms with E-state index in [4.69, 9.17) is 13.9 Å². The number of ether oxygens (including phenoxy) is 2. The minimum atomic E-state index is -0.281. The molecule has 0 unspecified atom stereocenters. The largest absolute Gasteiger partial charge is 0.493 e. The Morgan fingerprint density at radius 2 is 2.04 bits per heavy atom. The van der Waals surface area contributed by atoms with Gasteiger partial charge >= 0.3 is 6.01 Å². The smallest absolute Gasteiger partial charge is 0.305 e. The second-order valence-corrected chi connectivity index (χ2v) is 5.62. The lowest BCUT2D eigenvalue weighted by Gasteiger charge is -2.15. The molecule has 3 aromatic rings. The molecule has 1 heterocycles. The number of amides is 1. The fraction of sp³-hybridized carbons (Fsp3) is 0.200. The molecule has 3 rings (SSSR count). The first kappa shape index (κ1) is 17.5. The number of benzene rings is 2. The second-order valence-electron chi connectivity index (χ2n) is 5.62. The van der Waals surface area contributed by atoms with Gasteiger partial charge in [-0.3, -0.25) is 9.69 Å². The number of oxazole rings is 1. The summed E-state index contributed by atoms with van der Waals surface area (Å²) < 4.78 is 16.6. The zero-order valence-electron chi connectivity index (χ0n) is 14.9. The van der Waals surface area contributed by atoms with Crippen molar-refractivity contribution >= 4 is 29.1 Å². The molecule has 6 heteroatoms. The van der Waals surface area contributed by atoms with Gasteiger partial charge in [0, 0.05) is 7.05 Å². The number of hydrogen-bond donors (Lipinski definition) is 0. The SMILES string of the molecule is CC=Cc1ccc(OCC(=O)N(C)c2nc3ccccc3o2)c(OC)c1. The molecule has 0 spiro atoms. The van der Waals surface area contributed by atoms with E-state index < -0.39 is 0 Å². The van der Waals surface area contributed by atoms with Crippen LogP contribution in [0.2, 0.25) is 0 Å². The van der Waals surface area contributed by atoms with E-state index in [-0.39, 0.29) is 18.5 Å². The number of allylic oxidation sites excluding steroid dienone is 1. The fourth-order valence-electron chi connectivity index (χ4n) is 2.45. The molecule has 6 nitrogen and oxygen atoms in total. The number of carbonyl (C=O) groups excluding carboxylic acids is 1. The van der Waals surface area contributed by atoms with E-state index in [0.717, 1.165) is 5.56 Å². The molecule has 0 saturated heterocycles. The van der Waals surface area contributed by atoms with Crippen molar-refractivity contribution in [3.63, 3.8) is 0 Å². The van der Waals surface area contributed by atoms with Crippen LogP contribution in [0.1, 0.15) is 12.5 Å². The highest BCUT2D eigenvalue weighted by molar-refractivity contribution is 5.93. The molecule has 134 valence electrons. The van der Waals surface area contributed by atoms with Gasteiger partial charge in [-0.25, -0.2) is 0 Å². The van der Waals surface area contributed by atoms with Gasteiger partial charge in [0.05, 0.1) is 7.11 Å². The Bertz CT molecular complexity index is 913. The Morgan fingerprint density at radius 1 is 1.23 bits per heavy atom. The molecule has 1 amide bonds. The van der Waals surface area contributed by atoms with Crippen molar-refractivity contribution < 1.29 is 18.7 Å². The third kappa shape index (κ3) is 3.69. The van der Waals surface area contributed by atoms with Crippen molar-refractivity contribution in [3.8, 4) is 11.5 Å². The number of fused-ring (bicyclic) bond motifs is 1. The number of para-hydroxylation sites is 2. The van der Waals surface area contributed by atoms with Gasteiger partial charge in [0.25, 0.3) is 5.91 Å². The van der Waals surface area contributed by atoms with Crippen LogP contribution >= 0.6 is 0 Å². The second kappa shape index (κ2) is 7.74. The summed E-state index contributed by atoms with van der Waals surface area (Å²) >= 11 is 0. The Balaban J connectivity index is 1.70. The van der Waals surface area contributed by atoms with Crippen LogP contribution < -0.4 is 14.4 Å². The number of likely N-dealkylation sites (N-methyl/N-ethyl adjacent to an activating group) is 1. The lowest BCUT2D eigenvalue weighted by molar-refractivity contribution is -0.120. The molecular formula is C20H20N2O4. The normalized spacial score (nSPS) is 11.0. The van der Waals surface area contributed by atoms with Crippen LogP contribution in [-0.4, -0.2) is 31.7 Å². The van der Waals surface area contributed by atoms with Crippen molar-refractivity contribution in [1.29, 1.82) is 0 Å². The topological polar surface area (TPSA) is 64.8 Å². The molecule has 0 aliphatic carbocycles. The van der Waals surface area contributed by atoms with Crippen LogP contribution in [0.15, 0.2) is 53.0 Å². The summed E-state index contributed by atoms with van der Waals surface area (Å²) in [7, 11) is 3.16. The Kier molecular flexibility index (Phi) is 5.22. The maximum atomic E-state index is 12.4. The molecule has 26 heavy (non-hydrogen) atoms. The zero-order valence-corrected chi connectivity index (χ0v) is 14.9. The summed E-state index contributed by atoms with van der Waals surface area (Å²) in [5, 5.41) is 0. The molecule has 0 N–H and O–H groups in total. The third-order valence-corrected chi connectivity index (χ3v) is 3.84. The Hall–Kier alpha value is -3.28. The Morgan fingerprint density at radius 3 is 2.77 bits per heavy atom. The molecule has 1 aromatic heterocycles. The molecule has 0 atom stereocenters. The molecule has 0 saturated carbocycles. The van der Waals surface area contributed by atoms with Gasteiger partial charge in [-0.05, 0) is 36.8 Å². The van der Waals surface area contributed by atoms with E-state index in [2.05, 4.69) is 4.98 Å². The predicted octanol–water partition coefficient (Wildman–Crippen LogP) is 3.91. The molecule has 0 aliphatic rings. The molecule has 0 fully saturated rings. The van der Waals surface area contributed by atoms with E-state index in [9.17, 15) is 4.79 Å². The monoisotopic (exact) mass is 352 g/mol. The van der Waals surface area contributed by atoms with Gasteiger partial charge in [-0.15, -0.1) is 0 Å². The van der Waals surface area contributed by atoms with Crippen LogP contribution in [0.3, 0.4) is 0 Å². The lowest BCUT2D eigenvalue weighted by atomic mass is 10.2. The predicted molar refractivity (Wildman–Crippen MR) is 101 cm³/mol. The summed E-state index contributed by atoms with van der Waals surface area (Å²) in [5.41, 5.74) is 2.32. The summed E-state index contributed by atoms with van der Waals surface area (Å²) in [6.07, 6.45) is 3.90.